The molecule has 0 bridgehead atoms. The largest absolute Gasteiger partial charge is 0.492 e. The molecular formula is C14H19NO2. The lowest BCUT2D eigenvalue weighted by atomic mass is 10.0. The molecule has 1 fully saturated rings. The van der Waals surface area contributed by atoms with Gasteiger partial charge in [-0.05, 0) is 38.4 Å². The number of aliphatic hydroxyl groups is 1. The second kappa shape index (κ2) is 4.67. The van der Waals surface area contributed by atoms with Gasteiger partial charge in [0, 0.05) is 11.6 Å². The molecule has 3 rings (SSSR count). The molecule has 0 unspecified atom stereocenters. The van der Waals surface area contributed by atoms with Gasteiger partial charge in [-0.15, -0.1) is 0 Å². The third kappa shape index (κ3) is 2.17. The second-order valence-corrected chi connectivity index (χ2v) is 5.00. The van der Waals surface area contributed by atoms with E-state index in [1.54, 1.807) is 0 Å². The number of rotatable bonds is 1. The molecule has 2 heterocycles. The number of hydrogen-bond acceptors (Lipinski definition) is 3. The average Bonchev–Trinajstić information content (AvgIpc) is 2.83. The Hall–Kier alpha value is -1.06. The molecule has 17 heavy (non-hydrogen) atoms. The van der Waals surface area contributed by atoms with Crippen LogP contribution in [0.1, 0.15) is 30.9 Å². The van der Waals surface area contributed by atoms with Gasteiger partial charge >= 0.3 is 0 Å². The molecular weight excluding hydrogens is 214 g/mol. The van der Waals surface area contributed by atoms with Crippen LogP contribution >= 0.6 is 0 Å². The second-order valence-electron chi connectivity index (χ2n) is 5.00. The van der Waals surface area contributed by atoms with Gasteiger partial charge in [-0.1, -0.05) is 18.2 Å². The van der Waals surface area contributed by atoms with Gasteiger partial charge in [-0.2, -0.15) is 0 Å². The smallest absolute Gasteiger partial charge is 0.125 e. The van der Waals surface area contributed by atoms with E-state index in [4.69, 9.17) is 4.74 Å². The summed E-state index contributed by atoms with van der Waals surface area (Å²) in [6.45, 7) is 3.00. The molecule has 92 valence electrons. The number of nitrogens with zero attached hydrogens (tertiary/aromatic N) is 1. The summed E-state index contributed by atoms with van der Waals surface area (Å²) in [7, 11) is 0. The lowest BCUT2D eigenvalue weighted by Gasteiger charge is -2.26. The van der Waals surface area contributed by atoms with E-state index >= 15 is 0 Å². The standard InChI is InChI=1S/C14H19NO2/c16-13-9-11(15-7-3-4-8-15)10-17-14-6-2-1-5-12(13)14/h1-2,5-6,11,13,16H,3-4,7-10H2/t11-,13+/m0/s1. The summed E-state index contributed by atoms with van der Waals surface area (Å²) >= 11 is 0. The SMILES string of the molecule is O[C@@H]1C[C@H](N2CCCC2)COc2ccccc21. The fourth-order valence-corrected chi connectivity index (χ4v) is 2.89. The maximum Gasteiger partial charge on any atom is 0.125 e. The van der Waals surface area contributed by atoms with Crippen LogP contribution < -0.4 is 4.74 Å². The van der Waals surface area contributed by atoms with E-state index in [0.29, 0.717) is 12.6 Å². The molecule has 2 aliphatic rings. The number of fused-ring (bicyclic) bond motifs is 1. The van der Waals surface area contributed by atoms with Gasteiger partial charge in [-0.25, -0.2) is 0 Å². The van der Waals surface area contributed by atoms with Crippen molar-refractivity contribution >= 4 is 0 Å². The molecule has 1 N–H and O–H groups in total. The van der Waals surface area contributed by atoms with Crippen molar-refractivity contribution in [1.82, 2.24) is 4.90 Å². The molecule has 2 atom stereocenters. The van der Waals surface area contributed by atoms with Crippen LogP contribution in [0, 0.1) is 0 Å². The van der Waals surface area contributed by atoms with Crippen LogP contribution in [0.5, 0.6) is 5.75 Å². The van der Waals surface area contributed by atoms with E-state index in [1.165, 1.54) is 12.8 Å². The predicted molar refractivity (Wildman–Crippen MR) is 66.1 cm³/mol. The molecule has 0 amide bonds. The zero-order valence-electron chi connectivity index (χ0n) is 10.0. The normalized spacial score (nSPS) is 29.5. The highest BCUT2D eigenvalue weighted by molar-refractivity contribution is 5.36. The molecule has 0 radical (unpaired) electrons. The zero-order valence-corrected chi connectivity index (χ0v) is 10.0. The number of hydrogen-bond donors (Lipinski definition) is 1. The Morgan fingerprint density at radius 1 is 1.18 bits per heavy atom. The van der Waals surface area contributed by atoms with E-state index in [0.717, 1.165) is 30.8 Å². The molecule has 2 aliphatic heterocycles. The van der Waals surface area contributed by atoms with Crippen LogP contribution in [0.4, 0.5) is 0 Å². The highest BCUT2D eigenvalue weighted by Gasteiger charge is 2.29. The van der Waals surface area contributed by atoms with Crippen molar-refractivity contribution in [1.29, 1.82) is 0 Å². The summed E-state index contributed by atoms with van der Waals surface area (Å²) in [6, 6.07) is 8.19. The van der Waals surface area contributed by atoms with E-state index in [9.17, 15) is 5.11 Å². The predicted octanol–water partition coefficient (Wildman–Crippen LogP) is 1.97. The highest BCUT2D eigenvalue weighted by Crippen LogP contribution is 2.33. The lowest BCUT2D eigenvalue weighted by molar-refractivity contribution is 0.103. The minimum atomic E-state index is -0.390. The van der Waals surface area contributed by atoms with Gasteiger partial charge in [0.1, 0.15) is 12.4 Å². The molecule has 0 saturated carbocycles. The molecule has 3 heteroatoms. The first-order valence-electron chi connectivity index (χ1n) is 6.48. The van der Waals surface area contributed by atoms with Crippen molar-refractivity contribution in [2.75, 3.05) is 19.7 Å². The maximum atomic E-state index is 10.3. The van der Waals surface area contributed by atoms with Crippen molar-refractivity contribution in [2.45, 2.75) is 31.4 Å². The maximum absolute atomic E-state index is 10.3. The van der Waals surface area contributed by atoms with Gasteiger partial charge in [0.2, 0.25) is 0 Å². The Labute approximate surface area is 102 Å². The monoisotopic (exact) mass is 233 g/mol. The topological polar surface area (TPSA) is 32.7 Å². The molecule has 1 saturated heterocycles. The molecule has 0 aromatic heterocycles. The van der Waals surface area contributed by atoms with Crippen LogP contribution in [0.2, 0.25) is 0 Å². The Morgan fingerprint density at radius 2 is 1.94 bits per heavy atom. The number of benzene rings is 1. The summed E-state index contributed by atoms with van der Waals surface area (Å²) in [4.78, 5) is 2.45. The van der Waals surface area contributed by atoms with Gasteiger partial charge in [0.25, 0.3) is 0 Å². The van der Waals surface area contributed by atoms with E-state index in [2.05, 4.69) is 4.90 Å². The number of likely N-dealkylation sites (tertiary alicyclic amines) is 1. The first kappa shape index (κ1) is 11.1. The van der Waals surface area contributed by atoms with E-state index < -0.39 is 0 Å². The Kier molecular flexibility index (Phi) is 3.04. The first-order valence-corrected chi connectivity index (χ1v) is 6.48. The molecule has 0 spiro atoms. The number of para-hydroxylation sites is 1. The third-order valence-electron chi connectivity index (χ3n) is 3.86. The minimum Gasteiger partial charge on any atom is -0.492 e. The fourth-order valence-electron chi connectivity index (χ4n) is 2.89. The average molecular weight is 233 g/mol. The minimum absolute atomic E-state index is 0.361. The van der Waals surface area contributed by atoms with Gasteiger partial charge in [0.15, 0.2) is 0 Å². The van der Waals surface area contributed by atoms with Crippen molar-refractivity contribution in [3.8, 4) is 5.75 Å². The van der Waals surface area contributed by atoms with Crippen LogP contribution in [0.3, 0.4) is 0 Å². The van der Waals surface area contributed by atoms with Gasteiger partial charge in [0.05, 0.1) is 6.10 Å². The number of aliphatic hydroxyl groups excluding tert-OH is 1. The molecule has 0 aliphatic carbocycles. The highest BCUT2D eigenvalue weighted by atomic mass is 16.5. The van der Waals surface area contributed by atoms with Crippen LogP contribution in [-0.4, -0.2) is 35.7 Å². The fraction of sp³-hybridized carbons (Fsp3) is 0.571. The summed E-state index contributed by atoms with van der Waals surface area (Å²) < 4.78 is 5.84. The number of ether oxygens (including phenoxy) is 1. The summed E-state index contributed by atoms with van der Waals surface area (Å²) in [5.41, 5.74) is 0.939. The molecule has 3 nitrogen and oxygen atoms in total. The quantitative estimate of drug-likeness (QED) is 0.805. The summed E-state index contributed by atoms with van der Waals surface area (Å²) in [6.07, 6.45) is 2.95. The van der Waals surface area contributed by atoms with Crippen molar-refractivity contribution in [3.63, 3.8) is 0 Å². The van der Waals surface area contributed by atoms with Crippen molar-refractivity contribution in [2.24, 2.45) is 0 Å². The van der Waals surface area contributed by atoms with Gasteiger partial charge in [-0.3, -0.25) is 4.90 Å². The summed E-state index contributed by atoms with van der Waals surface area (Å²) in [5, 5.41) is 10.3. The van der Waals surface area contributed by atoms with E-state index in [1.807, 2.05) is 24.3 Å². The Bertz CT molecular complexity index is 388. The van der Waals surface area contributed by atoms with Gasteiger partial charge < -0.3 is 9.84 Å². The van der Waals surface area contributed by atoms with Crippen LogP contribution in [0.15, 0.2) is 24.3 Å². The van der Waals surface area contributed by atoms with Crippen molar-refractivity contribution in [3.05, 3.63) is 29.8 Å². The zero-order chi connectivity index (χ0) is 11.7. The van der Waals surface area contributed by atoms with E-state index in [-0.39, 0.29) is 6.10 Å². The van der Waals surface area contributed by atoms with Crippen LogP contribution in [0.25, 0.3) is 0 Å². The van der Waals surface area contributed by atoms with Crippen molar-refractivity contribution < 1.29 is 9.84 Å². The molecule has 1 aromatic rings. The lowest BCUT2D eigenvalue weighted by Crippen LogP contribution is -2.37. The Balaban J connectivity index is 1.79. The first-order chi connectivity index (χ1) is 8.34. The summed E-state index contributed by atoms with van der Waals surface area (Å²) in [5.74, 6) is 0.849. The molecule has 1 aromatic carbocycles. The van der Waals surface area contributed by atoms with Crippen LogP contribution in [-0.2, 0) is 0 Å². The Morgan fingerprint density at radius 3 is 2.76 bits per heavy atom. The third-order valence-corrected chi connectivity index (χ3v) is 3.86.